The van der Waals surface area contributed by atoms with Gasteiger partial charge in [-0.15, -0.1) is 5.10 Å². The molecule has 0 atom stereocenters. The number of anilines is 1. The van der Waals surface area contributed by atoms with Crippen LogP contribution in [0.4, 0.5) is 5.82 Å². The van der Waals surface area contributed by atoms with E-state index in [1.54, 1.807) is 7.11 Å². The minimum absolute atomic E-state index is 0.441. The molecule has 0 fully saturated rings. The summed E-state index contributed by atoms with van der Waals surface area (Å²) in [5.41, 5.74) is 5.32. The summed E-state index contributed by atoms with van der Waals surface area (Å²) < 4.78 is 4.81. The van der Waals surface area contributed by atoms with Crippen molar-refractivity contribution in [2.45, 2.75) is 6.54 Å². The fraction of sp³-hybridized carbons (Fsp3) is 0.600. The lowest BCUT2D eigenvalue weighted by Gasteiger charge is -1.95. The highest BCUT2D eigenvalue weighted by atomic mass is 16.5. The molecular weight excluding hydrogens is 132 g/mol. The van der Waals surface area contributed by atoms with Crippen molar-refractivity contribution in [3.05, 3.63) is 6.20 Å². The summed E-state index contributed by atoms with van der Waals surface area (Å²) in [6.07, 6.45) is 1.51. The number of hydrogen-bond acceptors (Lipinski definition) is 4. The Balaban J connectivity index is 2.42. The Hall–Kier alpha value is -1.10. The molecule has 0 saturated heterocycles. The van der Waals surface area contributed by atoms with Crippen molar-refractivity contribution in [3.8, 4) is 0 Å². The van der Waals surface area contributed by atoms with Crippen LogP contribution in [0.2, 0.25) is 0 Å². The van der Waals surface area contributed by atoms with E-state index in [1.807, 2.05) is 0 Å². The SMILES string of the molecule is COCCn1ncc(N)n1. The Morgan fingerprint density at radius 2 is 2.60 bits per heavy atom. The first kappa shape index (κ1) is 7.01. The number of hydrogen-bond donors (Lipinski definition) is 1. The Labute approximate surface area is 58.8 Å². The molecule has 0 saturated carbocycles. The van der Waals surface area contributed by atoms with Crippen LogP contribution in [0, 0.1) is 0 Å². The molecule has 10 heavy (non-hydrogen) atoms. The van der Waals surface area contributed by atoms with Gasteiger partial charge >= 0.3 is 0 Å². The largest absolute Gasteiger partial charge is 0.383 e. The molecule has 1 rings (SSSR count). The Kier molecular flexibility index (Phi) is 2.22. The van der Waals surface area contributed by atoms with Crippen LogP contribution in [0.15, 0.2) is 6.20 Å². The standard InChI is InChI=1S/C5H10N4O/c1-10-3-2-9-7-4-5(6)8-9/h4H,2-3H2,1H3,(H2,6,8). The molecule has 0 aliphatic heterocycles. The lowest BCUT2D eigenvalue weighted by Crippen LogP contribution is -2.07. The van der Waals surface area contributed by atoms with Gasteiger partial charge in [0.15, 0.2) is 5.82 Å². The fourth-order valence-electron chi connectivity index (χ4n) is 0.591. The molecule has 1 heterocycles. The predicted molar refractivity (Wildman–Crippen MR) is 36.3 cm³/mol. The quantitative estimate of drug-likeness (QED) is 0.618. The zero-order valence-electron chi connectivity index (χ0n) is 5.82. The summed E-state index contributed by atoms with van der Waals surface area (Å²) in [5, 5.41) is 7.71. The third-order valence-electron chi connectivity index (χ3n) is 1.05. The van der Waals surface area contributed by atoms with E-state index in [-0.39, 0.29) is 0 Å². The zero-order valence-corrected chi connectivity index (χ0v) is 5.82. The van der Waals surface area contributed by atoms with Crippen molar-refractivity contribution in [2.24, 2.45) is 0 Å². The molecule has 0 spiro atoms. The highest BCUT2D eigenvalue weighted by molar-refractivity contribution is 5.19. The number of nitrogens with two attached hydrogens (primary N) is 1. The van der Waals surface area contributed by atoms with Crippen LogP contribution in [-0.2, 0) is 11.3 Å². The van der Waals surface area contributed by atoms with E-state index in [4.69, 9.17) is 10.5 Å². The minimum atomic E-state index is 0.441. The van der Waals surface area contributed by atoms with Gasteiger partial charge in [-0.3, -0.25) is 0 Å². The summed E-state index contributed by atoms with van der Waals surface area (Å²) in [5.74, 6) is 0.441. The Morgan fingerprint density at radius 3 is 3.10 bits per heavy atom. The third kappa shape index (κ3) is 1.70. The van der Waals surface area contributed by atoms with Gasteiger partial charge in [-0.2, -0.15) is 9.90 Å². The molecule has 0 aliphatic carbocycles. The molecule has 0 unspecified atom stereocenters. The number of aromatic nitrogens is 3. The molecule has 56 valence electrons. The molecule has 0 amide bonds. The van der Waals surface area contributed by atoms with E-state index in [2.05, 4.69) is 10.2 Å². The van der Waals surface area contributed by atoms with Crippen molar-refractivity contribution in [3.63, 3.8) is 0 Å². The first-order chi connectivity index (χ1) is 4.83. The molecule has 5 heteroatoms. The molecule has 1 aromatic heterocycles. The molecule has 2 N–H and O–H groups in total. The van der Waals surface area contributed by atoms with Gasteiger partial charge in [0.2, 0.25) is 0 Å². The third-order valence-corrected chi connectivity index (χ3v) is 1.05. The maximum atomic E-state index is 5.32. The normalized spacial score (nSPS) is 10.1. The Bertz CT molecular complexity index is 197. The van der Waals surface area contributed by atoms with E-state index in [1.165, 1.54) is 11.0 Å². The van der Waals surface area contributed by atoms with Crippen molar-refractivity contribution < 1.29 is 4.74 Å². The van der Waals surface area contributed by atoms with Gasteiger partial charge in [-0.25, -0.2) is 0 Å². The first-order valence-electron chi connectivity index (χ1n) is 2.97. The number of ether oxygens (including phenoxy) is 1. The molecule has 5 nitrogen and oxygen atoms in total. The maximum Gasteiger partial charge on any atom is 0.165 e. The smallest absolute Gasteiger partial charge is 0.165 e. The summed E-state index contributed by atoms with van der Waals surface area (Å²) in [6, 6.07) is 0. The van der Waals surface area contributed by atoms with E-state index >= 15 is 0 Å². The van der Waals surface area contributed by atoms with Crippen LogP contribution >= 0.6 is 0 Å². The molecule has 0 bridgehead atoms. The Morgan fingerprint density at radius 1 is 1.80 bits per heavy atom. The summed E-state index contributed by atoms with van der Waals surface area (Å²) >= 11 is 0. The topological polar surface area (TPSA) is 66.0 Å². The maximum absolute atomic E-state index is 5.32. The average Bonchev–Trinajstić information content (AvgIpc) is 2.31. The van der Waals surface area contributed by atoms with Gasteiger partial charge < -0.3 is 10.5 Å². The van der Waals surface area contributed by atoms with Crippen molar-refractivity contribution in [2.75, 3.05) is 19.5 Å². The lowest BCUT2D eigenvalue weighted by atomic mass is 10.7. The number of rotatable bonds is 3. The van der Waals surface area contributed by atoms with Gasteiger partial charge in [0.25, 0.3) is 0 Å². The van der Waals surface area contributed by atoms with Gasteiger partial charge in [0, 0.05) is 7.11 Å². The molecule has 0 radical (unpaired) electrons. The molecular formula is C5H10N4O. The number of nitrogen functional groups attached to an aromatic ring is 1. The summed E-state index contributed by atoms with van der Waals surface area (Å²) in [7, 11) is 1.63. The average molecular weight is 142 g/mol. The fourth-order valence-corrected chi connectivity index (χ4v) is 0.591. The first-order valence-corrected chi connectivity index (χ1v) is 2.97. The lowest BCUT2D eigenvalue weighted by molar-refractivity contribution is 0.179. The minimum Gasteiger partial charge on any atom is -0.383 e. The molecule has 0 aliphatic rings. The van der Waals surface area contributed by atoms with Crippen LogP contribution < -0.4 is 5.73 Å². The van der Waals surface area contributed by atoms with Crippen molar-refractivity contribution in [1.82, 2.24) is 15.0 Å². The van der Waals surface area contributed by atoms with Crippen molar-refractivity contribution >= 4 is 5.82 Å². The van der Waals surface area contributed by atoms with Crippen LogP contribution in [-0.4, -0.2) is 28.7 Å². The number of methoxy groups -OCH3 is 1. The monoisotopic (exact) mass is 142 g/mol. The highest BCUT2D eigenvalue weighted by Crippen LogP contribution is 1.89. The second kappa shape index (κ2) is 3.17. The van der Waals surface area contributed by atoms with Gasteiger partial charge in [-0.05, 0) is 0 Å². The molecule has 0 aromatic carbocycles. The van der Waals surface area contributed by atoms with Gasteiger partial charge in [-0.1, -0.05) is 0 Å². The number of nitrogens with zero attached hydrogens (tertiary/aromatic N) is 3. The van der Waals surface area contributed by atoms with Gasteiger partial charge in [0.05, 0.1) is 19.3 Å². The summed E-state index contributed by atoms with van der Waals surface area (Å²) in [6.45, 7) is 1.25. The van der Waals surface area contributed by atoms with Crippen molar-refractivity contribution in [1.29, 1.82) is 0 Å². The van der Waals surface area contributed by atoms with E-state index < -0.39 is 0 Å². The van der Waals surface area contributed by atoms with E-state index in [0.29, 0.717) is 19.0 Å². The van der Waals surface area contributed by atoms with E-state index in [0.717, 1.165) is 0 Å². The van der Waals surface area contributed by atoms with Crippen LogP contribution in [0.1, 0.15) is 0 Å². The zero-order chi connectivity index (χ0) is 7.40. The van der Waals surface area contributed by atoms with Crippen LogP contribution in [0.5, 0.6) is 0 Å². The second-order valence-corrected chi connectivity index (χ2v) is 1.86. The predicted octanol–water partition coefficient (Wildman–Crippen LogP) is -0.493. The van der Waals surface area contributed by atoms with Crippen LogP contribution in [0.25, 0.3) is 0 Å². The van der Waals surface area contributed by atoms with Gasteiger partial charge in [0.1, 0.15) is 0 Å². The summed E-state index contributed by atoms with van der Waals surface area (Å²) in [4.78, 5) is 1.50. The second-order valence-electron chi connectivity index (χ2n) is 1.86. The molecule has 1 aromatic rings. The van der Waals surface area contributed by atoms with Crippen LogP contribution in [0.3, 0.4) is 0 Å². The highest BCUT2D eigenvalue weighted by Gasteiger charge is 1.93. The van der Waals surface area contributed by atoms with E-state index in [9.17, 15) is 0 Å².